The van der Waals surface area contributed by atoms with Gasteiger partial charge in [0, 0.05) is 6.54 Å². The van der Waals surface area contributed by atoms with Crippen LogP contribution in [0.5, 0.6) is 0 Å². The standard InChI is InChI=1S/C16H18N2O2S2/c1-11(17-15(19)14-5-3-8-22-14)16(20)18-7-2-4-13(18)12-6-9-21-10-12/h3,5-6,8-11,13H,2,4,7H2,1H3,(H,17,19)/t11-,13+/m0/s1. The number of rotatable bonds is 4. The van der Waals surface area contributed by atoms with E-state index in [1.54, 1.807) is 24.3 Å². The van der Waals surface area contributed by atoms with Crippen molar-refractivity contribution in [1.29, 1.82) is 0 Å². The van der Waals surface area contributed by atoms with Crippen molar-refractivity contribution < 1.29 is 9.59 Å². The van der Waals surface area contributed by atoms with Crippen molar-refractivity contribution in [1.82, 2.24) is 10.2 Å². The topological polar surface area (TPSA) is 49.4 Å². The summed E-state index contributed by atoms with van der Waals surface area (Å²) >= 11 is 3.03. The molecule has 1 fully saturated rings. The molecule has 2 aromatic rings. The molecule has 1 N–H and O–H groups in total. The fourth-order valence-corrected chi connectivity index (χ4v) is 4.16. The van der Waals surface area contributed by atoms with Crippen LogP contribution in [0.25, 0.3) is 0 Å². The van der Waals surface area contributed by atoms with Gasteiger partial charge in [0.05, 0.1) is 10.9 Å². The minimum absolute atomic E-state index is 0.00129. The second-order valence-corrected chi connectivity index (χ2v) is 7.15. The Kier molecular flexibility index (Phi) is 4.59. The van der Waals surface area contributed by atoms with E-state index in [1.165, 1.54) is 16.9 Å². The minimum Gasteiger partial charge on any atom is -0.340 e. The molecule has 0 aliphatic carbocycles. The van der Waals surface area contributed by atoms with Gasteiger partial charge < -0.3 is 10.2 Å². The van der Waals surface area contributed by atoms with Gasteiger partial charge in [0.25, 0.3) is 5.91 Å². The van der Waals surface area contributed by atoms with Crippen molar-refractivity contribution in [2.24, 2.45) is 0 Å². The average molecular weight is 334 g/mol. The Labute approximate surface area is 137 Å². The van der Waals surface area contributed by atoms with E-state index in [1.807, 2.05) is 21.7 Å². The van der Waals surface area contributed by atoms with Gasteiger partial charge in [-0.1, -0.05) is 6.07 Å². The Morgan fingerprint density at radius 3 is 2.91 bits per heavy atom. The molecule has 0 spiro atoms. The molecule has 0 saturated carbocycles. The Morgan fingerprint density at radius 1 is 1.36 bits per heavy atom. The molecular formula is C16H18N2O2S2. The molecule has 1 aliphatic rings. The first-order valence-electron chi connectivity index (χ1n) is 7.34. The summed E-state index contributed by atoms with van der Waals surface area (Å²) in [6.07, 6.45) is 2.01. The molecule has 2 aromatic heterocycles. The van der Waals surface area contributed by atoms with Crippen LogP contribution >= 0.6 is 22.7 Å². The summed E-state index contributed by atoms with van der Waals surface area (Å²) in [5.74, 6) is -0.180. The van der Waals surface area contributed by atoms with Gasteiger partial charge in [0.2, 0.25) is 5.91 Å². The molecule has 0 bridgehead atoms. The van der Waals surface area contributed by atoms with Gasteiger partial charge in [-0.25, -0.2) is 0 Å². The van der Waals surface area contributed by atoms with Crippen LogP contribution in [0.2, 0.25) is 0 Å². The molecule has 116 valence electrons. The zero-order chi connectivity index (χ0) is 15.5. The van der Waals surface area contributed by atoms with Crippen molar-refractivity contribution in [3.05, 3.63) is 44.8 Å². The first-order chi connectivity index (χ1) is 10.7. The van der Waals surface area contributed by atoms with Gasteiger partial charge in [0.15, 0.2) is 0 Å². The van der Waals surface area contributed by atoms with Crippen LogP contribution in [0.4, 0.5) is 0 Å². The number of thiophene rings is 2. The molecular weight excluding hydrogens is 316 g/mol. The predicted octanol–water partition coefficient (Wildman–Crippen LogP) is 3.29. The van der Waals surface area contributed by atoms with Gasteiger partial charge in [-0.2, -0.15) is 11.3 Å². The van der Waals surface area contributed by atoms with E-state index in [9.17, 15) is 9.59 Å². The lowest BCUT2D eigenvalue weighted by atomic mass is 10.1. The van der Waals surface area contributed by atoms with Crippen molar-refractivity contribution in [2.75, 3.05) is 6.54 Å². The van der Waals surface area contributed by atoms with E-state index < -0.39 is 6.04 Å². The van der Waals surface area contributed by atoms with E-state index in [2.05, 4.69) is 16.8 Å². The third kappa shape index (κ3) is 3.08. The molecule has 6 heteroatoms. The second kappa shape index (κ2) is 6.62. The van der Waals surface area contributed by atoms with E-state index >= 15 is 0 Å². The van der Waals surface area contributed by atoms with Crippen LogP contribution in [0.15, 0.2) is 34.3 Å². The Morgan fingerprint density at radius 2 is 2.23 bits per heavy atom. The third-order valence-electron chi connectivity index (χ3n) is 3.93. The first kappa shape index (κ1) is 15.2. The van der Waals surface area contributed by atoms with Gasteiger partial charge in [-0.15, -0.1) is 11.3 Å². The van der Waals surface area contributed by atoms with Gasteiger partial charge in [-0.3, -0.25) is 9.59 Å². The predicted molar refractivity (Wildman–Crippen MR) is 89.3 cm³/mol. The molecule has 1 saturated heterocycles. The van der Waals surface area contributed by atoms with Crippen molar-refractivity contribution in [2.45, 2.75) is 31.8 Å². The molecule has 2 amide bonds. The monoisotopic (exact) mass is 334 g/mol. The highest BCUT2D eigenvalue weighted by molar-refractivity contribution is 7.12. The molecule has 3 heterocycles. The summed E-state index contributed by atoms with van der Waals surface area (Å²) in [4.78, 5) is 27.3. The Bertz CT molecular complexity index is 637. The molecule has 1 aliphatic heterocycles. The summed E-state index contributed by atoms with van der Waals surface area (Å²) in [7, 11) is 0. The number of carbonyl (C=O) groups excluding carboxylic acids is 2. The number of likely N-dealkylation sites (tertiary alicyclic amines) is 1. The Hall–Kier alpha value is -1.66. The van der Waals surface area contributed by atoms with Crippen LogP contribution in [-0.4, -0.2) is 29.3 Å². The summed E-state index contributed by atoms with van der Waals surface area (Å²) in [5, 5.41) is 8.81. The van der Waals surface area contributed by atoms with Crippen LogP contribution < -0.4 is 5.32 Å². The van der Waals surface area contributed by atoms with Crippen LogP contribution in [-0.2, 0) is 4.79 Å². The molecule has 2 atom stereocenters. The van der Waals surface area contributed by atoms with E-state index in [-0.39, 0.29) is 17.9 Å². The average Bonchev–Trinajstić information content (AvgIpc) is 3.26. The largest absolute Gasteiger partial charge is 0.340 e. The first-order valence-corrected chi connectivity index (χ1v) is 9.16. The highest BCUT2D eigenvalue weighted by atomic mass is 32.1. The zero-order valence-corrected chi connectivity index (χ0v) is 14.0. The fourth-order valence-electron chi connectivity index (χ4n) is 2.83. The number of carbonyl (C=O) groups is 2. The summed E-state index contributed by atoms with van der Waals surface area (Å²) in [6.45, 7) is 2.52. The molecule has 22 heavy (non-hydrogen) atoms. The number of amides is 2. The zero-order valence-electron chi connectivity index (χ0n) is 12.3. The number of hydrogen-bond donors (Lipinski definition) is 1. The van der Waals surface area contributed by atoms with Crippen LogP contribution in [0.3, 0.4) is 0 Å². The van der Waals surface area contributed by atoms with Crippen molar-refractivity contribution in [3.8, 4) is 0 Å². The molecule has 3 rings (SSSR count). The lowest BCUT2D eigenvalue weighted by Gasteiger charge is -2.27. The fraction of sp³-hybridized carbons (Fsp3) is 0.375. The maximum Gasteiger partial charge on any atom is 0.261 e. The normalized spacial score (nSPS) is 19.1. The number of nitrogens with zero attached hydrogens (tertiary/aromatic N) is 1. The van der Waals surface area contributed by atoms with E-state index in [4.69, 9.17) is 0 Å². The third-order valence-corrected chi connectivity index (χ3v) is 5.50. The maximum absolute atomic E-state index is 12.7. The van der Waals surface area contributed by atoms with Crippen LogP contribution in [0, 0.1) is 0 Å². The molecule has 0 aromatic carbocycles. The van der Waals surface area contributed by atoms with E-state index in [0.29, 0.717) is 4.88 Å². The van der Waals surface area contributed by atoms with Gasteiger partial charge in [-0.05, 0) is 53.6 Å². The Balaban J connectivity index is 1.66. The van der Waals surface area contributed by atoms with Gasteiger partial charge in [0.1, 0.15) is 6.04 Å². The molecule has 4 nitrogen and oxygen atoms in total. The van der Waals surface area contributed by atoms with Crippen LogP contribution in [0.1, 0.15) is 41.0 Å². The highest BCUT2D eigenvalue weighted by Crippen LogP contribution is 2.33. The molecule has 0 radical (unpaired) electrons. The summed E-state index contributed by atoms with van der Waals surface area (Å²) in [6, 6.07) is 5.32. The molecule has 0 unspecified atom stereocenters. The number of hydrogen-bond acceptors (Lipinski definition) is 4. The minimum atomic E-state index is -0.506. The van der Waals surface area contributed by atoms with Crippen molar-refractivity contribution >= 4 is 34.5 Å². The van der Waals surface area contributed by atoms with Crippen molar-refractivity contribution in [3.63, 3.8) is 0 Å². The maximum atomic E-state index is 12.7. The number of nitrogens with one attached hydrogen (secondary N) is 1. The van der Waals surface area contributed by atoms with Gasteiger partial charge >= 0.3 is 0 Å². The van der Waals surface area contributed by atoms with E-state index in [0.717, 1.165) is 19.4 Å². The lowest BCUT2D eigenvalue weighted by molar-refractivity contribution is -0.133. The smallest absolute Gasteiger partial charge is 0.261 e. The highest BCUT2D eigenvalue weighted by Gasteiger charge is 2.33. The second-order valence-electron chi connectivity index (χ2n) is 5.42. The SMILES string of the molecule is C[C@H](NC(=O)c1cccs1)C(=O)N1CCC[C@@H]1c1ccsc1. The summed E-state index contributed by atoms with van der Waals surface area (Å²) < 4.78 is 0. The lowest BCUT2D eigenvalue weighted by Crippen LogP contribution is -2.46. The summed E-state index contributed by atoms with van der Waals surface area (Å²) in [5.41, 5.74) is 1.20. The quantitative estimate of drug-likeness (QED) is 0.933.